The number of benzene rings is 3. The van der Waals surface area contributed by atoms with Crippen molar-refractivity contribution in [2.45, 2.75) is 0 Å². The first kappa shape index (κ1) is 28.5. The number of anilines is 2. The van der Waals surface area contributed by atoms with E-state index in [0.717, 1.165) is 11.3 Å². The second kappa shape index (κ2) is 12.1. The van der Waals surface area contributed by atoms with E-state index in [0.29, 0.717) is 5.02 Å². The first-order valence-corrected chi connectivity index (χ1v) is 12.7. The Kier molecular flexibility index (Phi) is 8.63. The van der Waals surface area contributed by atoms with Crippen molar-refractivity contribution in [1.82, 2.24) is 10.2 Å². The van der Waals surface area contributed by atoms with Gasteiger partial charge in [-0.3, -0.25) is 14.9 Å². The van der Waals surface area contributed by atoms with E-state index in [1.807, 2.05) is 0 Å². The highest BCUT2D eigenvalue weighted by molar-refractivity contribution is 7.18. The summed E-state index contributed by atoms with van der Waals surface area (Å²) in [4.78, 5) is 49.6. The summed E-state index contributed by atoms with van der Waals surface area (Å²) in [7, 11) is 2.39. The quantitative estimate of drug-likeness (QED) is 0.239. The topological polar surface area (TPSA) is 157 Å². The van der Waals surface area contributed by atoms with Crippen LogP contribution in [0, 0.1) is 0 Å². The molecular formula is C26H18Cl2N4O7S. The van der Waals surface area contributed by atoms with Gasteiger partial charge < -0.3 is 19.9 Å². The van der Waals surface area contributed by atoms with Gasteiger partial charge in [0, 0.05) is 16.1 Å². The minimum absolute atomic E-state index is 0.0318. The van der Waals surface area contributed by atoms with Crippen LogP contribution in [-0.4, -0.2) is 53.3 Å². The molecule has 1 heterocycles. The van der Waals surface area contributed by atoms with Crippen LogP contribution in [0.25, 0.3) is 10.6 Å². The number of carbonyl (C=O) groups excluding carboxylic acids is 4. The molecule has 4 aromatic rings. The maximum absolute atomic E-state index is 12.9. The van der Waals surface area contributed by atoms with Crippen LogP contribution in [0.15, 0.2) is 54.6 Å². The molecule has 40 heavy (non-hydrogen) atoms. The lowest BCUT2D eigenvalue weighted by atomic mass is 10.1. The molecule has 11 nitrogen and oxygen atoms in total. The normalized spacial score (nSPS) is 10.5. The molecule has 2 amide bonds. The molecule has 0 saturated carbocycles. The molecule has 0 saturated heterocycles. The fraction of sp³-hybridized carbons (Fsp3) is 0.0769. The van der Waals surface area contributed by atoms with Crippen molar-refractivity contribution in [2.24, 2.45) is 0 Å². The average Bonchev–Trinajstić information content (AvgIpc) is 3.42. The van der Waals surface area contributed by atoms with Crippen molar-refractivity contribution in [3.63, 3.8) is 0 Å². The number of methoxy groups -OCH3 is 2. The third-order valence-corrected chi connectivity index (χ3v) is 6.79. The molecule has 14 heteroatoms. The van der Waals surface area contributed by atoms with Crippen molar-refractivity contribution in [3.05, 3.63) is 86.9 Å². The van der Waals surface area contributed by atoms with Gasteiger partial charge in [0.15, 0.2) is 5.01 Å². The Labute approximate surface area is 240 Å². The summed E-state index contributed by atoms with van der Waals surface area (Å²) in [5.74, 6) is -2.72. The number of ether oxygens (including phenoxy) is 2. The molecule has 3 N–H and O–H groups in total. The number of aromatic nitrogens is 2. The van der Waals surface area contributed by atoms with Crippen LogP contribution in [-0.2, 0) is 9.47 Å². The third kappa shape index (κ3) is 6.20. The first-order valence-electron chi connectivity index (χ1n) is 11.2. The molecule has 1 aromatic heterocycles. The van der Waals surface area contributed by atoms with E-state index in [9.17, 15) is 24.3 Å². The summed E-state index contributed by atoms with van der Waals surface area (Å²) in [5, 5.41) is 24.0. The van der Waals surface area contributed by atoms with E-state index in [4.69, 9.17) is 27.9 Å². The molecule has 0 radical (unpaired) electrons. The van der Waals surface area contributed by atoms with Crippen LogP contribution in [0.3, 0.4) is 0 Å². The molecular weight excluding hydrogens is 583 g/mol. The number of amides is 2. The molecule has 0 aliphatic rings. The number of carbonyl (C=O) groups is 4. The molecule has 0 fully saturated rings. The Morgan fingerprint density at radius 2 is 1.40 bits per heavy atom. The summed E-state index contributed by atoms with van der Waals surface area (Å²) in [5.41, 5.74) is 0.835. The first-order chi connectivity index (χ1) is 19.1. The lowest BCUT2D eigenvalue weighted by Gasteiger charge is -2.12. The maximum atomic E-state index is 12.9. The van der Waals surface area contributed by atoms with E-state index in [2.05, 4.69) is 25.6 Å². The molecule has 204 valence electrons. The number of esters is 2. The summed E-state index contributed by atoms with van der Waals surface area (Å²) >= 11 is 13.0. The van der Waals surface area contributed by atoms with Crippen LogP contribution < -0.4 is 10.6 Å². The van der Waals surface area contributed by atoms with Crippen LogP contribution in [0.1, 0.15) is 41.4 Å². The Bertz CT molecular complexity index is 1640. The molecule has 3 aromatic carbocycles. The lowest BCUT2D eigenvalue weighted by Crippen LogP contribution is -2.17. The van der Waals surface area contributed by atoms with Crippen LogP contribution in [0.4, 0.5) is 10.8 Å². The van der Waals surface area contributed by atoms with Crippen molar-refractivity contribution < 1.29 is 33.8 Å². The zero-order valence-electron chi connectivity index (χ0n) is 20.7. The molecule has 0 aliphatic heterocycles. The molecule has 0 unspecified atom stereocenters. The fourth-order valence-electron chi connectivity index (χ4n) is 3.43. The number of aromatic hydroxyl groups is 1. The van der Waals surface area contributed by atoms with Crippen LogP contribution >= 0.6 is 34.5 Å². The second-order valence-electron chi connectivity index (χ2n) is 7.93. The lowest BCUT2D eigenvalue weighted by molar-refractivity contribution is 0.0587. The number of nitrogens with zero attached hydrogens (tertiary/aromatic N) is 2. The van der Waals surface area contributed by atoms with Crippen LogP contribution in [0.2, 0.25) is 10.0 Å². The summed E-state index contributed by atoms with van der Waals surface area (Å²) in [6.45, 7) is 0. The number of phenolic OH excluding ortho intramolecular Hbond substituents is 1. The monoisotopic (exact) mass is 600 g/mol. The van der Waals surface area contributed by atoms with Gasteiger partial charge in [-0.1, -0.05) is 34.5 Å². The maximum Gasteiger partial charge on any atom is 0.339 e. The van der Waals surface area contributed by atoms with E-state index in [-0.39, 0.29) is 54.4 Å². The predicted molar refractivity (Wildman–Crippen MR) is 148 cm³/mol. The zero-order valence-corrected chi connectivity index (χ0v) is 23.0. The van der Waals surface area contributed by atoms with Gasteiger partial charge in [-0.05, 0) is 54.6 Å². The minimum atomic E-state index is -0.716. The summed E-state index contributed by atoms with van der Waals surface area (Å²) in [6.07, 6.45) is 0. The van der Waals surface area contributed by atoms with Gasteiger partial charge in [0.2, 0.25) is 5.13 Å². The van der Waals surface area contributed by atoms with Gasteiger partial charge in [0.05, 0.1) is 41.6 Å². The number of hydrogen-bond acceptors (Lipinski definition) is 10. The average molecular weight is 601 g/mol. The fourth-order valence-corrected chi connectivity index (χ4v) is 4.68. The molecule has 0 aliphatic carbocycles. The highest BCUT2D eigenvalue weighted by atomic mass is 35.5. The molecule has 0 atom stereocenters. The van der Waals surface area contributed by atoms with E-state index >= 15 is 0 Å². The van der Waals surface area contributed by atoms with E-state index in [1.165, 1.54) is 68.8 Å². The third-order valence-electron chi connectivity index (χ3n) is 5.41. The van der Waals surface area contributed by atoms with Crippen molar-refractivity contribution in [1.29, 1.82) is 0 Å². The highest BCUT2D eigenvalue weighted by Gasteiger charge is 2.19. The number of phenols is 1. The zero-order chi connectivity index (χ0) is 29.0. The minimum Gasteiger partial charge on any atom is -0.506 e. The van der Waals surface area contributed by atoms with Gasteiger partial charge in [0.25, 0.3) is 11.8 Å². The smallest absolute Gasteiger partial charge is 0.339 e. The van der Waals surface area contributed by atoms with E-state index < -0.39 is 23.8 Å². The van der Waals surface area contributed by atoms with E-state index in [1.54, 1.807) is 0 Å². The number of hydrogen-bond donors (Lipinski definition) is 3. The van der Waals surface area contributed by atoms with Gasteiger partial charge in [0.1, 0.15) is 5.75 Å². The van der Waals surface area contributed by atoms with Crippen molar-refractivity contribution >= 4 is 69.1 Å². The van der Waals surface area contributed by atoms with Gasteiger partial charge >= 0.3 is 11.9 Å². The van der Waals surface area contributed by atoms with Gasteiger partial charge in [-0.15, -0.1) is 10.2 Å². The highest BCUT2D eigenvalue weighted by Crippen LogP contribution is 2.39. The standard InChI is InChI=1S/C26H18Cl2N4O7S/c1-38-24(36)14-7-8-16(25(37)39-2)19(9-14)29-21(34)12-3-5-13(6-4-12)22(35)30-26-32-31-23(40-26)17-10-15(27)11-18(28)20(17)33/h3-11,33H,1-2H3,(H,29,34)(H,30,32,35). The molecule has 4 rings (SSSR count). The van der Waals surface area contributed by atoms with Gasteiger partial charge in [-0.2, -0.15) is 0 Å². The Balaban J connectivity index is 1.48. The Morgan fingerprint density at radius 1 is 0.800 bits per heavy atom. The number of halogens is 2. The van der Waals surface area contributed by atoms with Crippen molar-refractivity contribution in [3.8, 4) is 16.3 Å². The second-order valence-corrected chi connectivity index (χ2v) is 9.75. The molecule has 0 bridgehead atoms. The Morgan fingerprint density at radius 3 is 2.02 bits per heavy atom. The SMILES string of the molecule is COC(=O)c1ccc(C(=O)OC)c(NC(=O)c2ccc(C(=O)Nc3nnc(-c4cc(Cl)cc(Cl)c4O)s3)cc2)c1. The largest absolute Gasteiger partial charge is 0.506 e. The van der Waals surface area contributed by atoms with Crippen molar-refractivity contribution in [2.75, 3.05) is 24.9 Å². The van der Waals surface area contributed by atoms with Crippen LogP contribution in [0.5, 0.6) is 5.75 Å². The summed E-state index contributed by atoms with van der Waals surface area (Å²) < 4.78 is 9.43. The van der Waals surface area contributed by atoms with Gasteiger partial charge in [-0.25, -0.2) is 9.59 Å². The summed E-state index contributed by atoms with van der Waals surface area (Å²) in [6, 6.07) is 12.5. The predicted octanol–water partition coefficient (Wildman–Crippen LogP) is 5.30. The molecule has 0 spiro atoms. The number of nitrogens with one attached hydrogen (secondary N) is 2. The number of rotatable bonds is 7. The Hall–Kier alpha value is -4.52.